The van der Waals surface area contributed by atoms with E-state index in [-0.39, 0.29) is 5.91 Å². The minimum Gasteiger partial charge on any atom is -0.397 e. The van der Waals surface area contributed by atoms with Gasteiger partial charge in [-0.15, -0.1) is 0 Å². The Labute approximate surface area is 125 Å². The zero-order valence-corrected chi connectivity index (χ0v) is 12.7. The number of nitrogens with zero attached hydrogens (tertiary/aromatic N) is 1. The minimum absolute atomic E-state index is 0.0544. The summed E-state index contributed by atoms with van der Waals surface area (Å²) in [5.74, 6) is -0.0544. The van der Waals surface area contributed by atoms with E-state index in [2.05, 4.69) is 24.4 Å². The smallest absolute Gasteiger partial charge is 0.253 e. The van der Waals surface area contributed by atoms with Crippen LogP contribution in [0.5, 0.6) is 0 Å². The molecule has 0 radical (unpaired) electrons. The lowest BCUT2D eigenvalue weighted by Crippen LogP contribution is -2.21. The molecule has 2 aromatic rings. The number of rotatable bonds is 4. The van der Waals surface area contributed by atoms with Crippen molar-refractivity contribution in [2.75, 3.05) is 25.1 Å². The van der Waals surface area contributed by atoms with Crippen LogP contribution in [0.25, 0.3) is 0 Å². The van der Waals surface area contributed by atoms with Crippen LogP contribution < -0.4 is 11.1 Å². The molecule has 3 N–H and O–H groups in total. The largest absolute Gasteiger partial charge is 0.397 e. The first kappa shape index (κ1) is 14.9. The highest BCUT2D eigenvalue weighted by molar-refractivity contribution is 5.96. The van der Waals surface area contributed by atoms with Crippen LogP contribution >= 0.6 is 0 Å². The fraction of sp³-hybridized carbons (Fsp3) is 0.235. The number of benzene rings is 2. The van der Waals surface area contributed by atoms with E-state index in [1.165, 1.54) is 10.5 Å². The van der Waals surface area contributed by atoms with Crippen molar-refractivity contribution in [1.29, 1.82) is 0 Å². The number of carbonyl (C=O) groups is 1. The highest BCUT2D eigenvalue weighted by Crippen LogP contribution is 2.25. The monoisotopic (exact) mass is 283 g/mol. The molecule has 0 atom stereocenters. The average molecular weight is 283 g/mol. The van der Waals surface area contributed by atoms with Crippen LogP contribution in [0.4, 0.5) is 17.1 Å². The maximum absolute atomic E-state index is 11.9. The highest BCUT2D eigenvalue weighted by atomic mass is 16.2. The van der Waals surface area contributed by atoms with Gasteiger partial charge in [-0.2, -0.15) is 0 Å². The van der Waals surface area contributed by atoms with Gasteiger partial charge in [-0.3, -0.25) is 4.79 Å². The summed E-state index contributed by atoms with van der Waals surface area (Å²) in [5.41, 5.74) is 10.3. The SMILES string of the molecule is CCc1cccc(Nc2ccc(C(=O)N(C)C)cc2N)c1. The minimum atomic E-state index is -0.0544. The second-order valence-electron chi connectivity index (χ2n) is 5.18. The molecule has 0 aliphatic heterocycles. The molecule has 0 aromatic heterocycles. The molecule has 0 unspecified atom stereocenters. The van der Waals surface area contributed by atoms with Crippen LogP contribution in [0, 0.1) is 0 Å². The lowest BCUT2D eigenvalue weighted by Gasteiger charge is -2.14. The van der Waals surface area contributed by atoms with Gasteiger partial charge in [0.1, 0.15) is 0 Å². The van der Waals surface area contributed by atoms with Crippen molar-refractivity contribution in [3.63, 3.8) is 0 Å². The Morgan fingerprint density at radius 2 is 1.95 bits per heavy atom. The summed E-state index contributed by atoms with van der Waals surface area (Å²) in [6, 6.07) is 13.5. The Morgan fingerprint density at radius 3 is 2.57 bits per heavy atom. The second kappa shape index (κ2) is 6.31. The number of anilines is 3. The van der Waals surface area contributed by atoms with Crippen molar-refractivity contribution in [2.24, 2.45) is 0 Å². The molecule has 0 spiro atoms. The fourth-order valence-electron chi connectivity index (χ4n) is 2.09. The molecule has 110 valence electrons. The predicted molar refractivity (Wildman–Crippen MR) is 88.0 cm³/mol. The molecular formula is C17H21N3O. The molecule has 1 amide bonds. The molecular weight excluding hydrogens is 262 g/mol. The van der Waals surface area contributed by atoms with E-state index >= 15 is 0 Å². The molecule has 0 bridgehead atoms. The van der Waals surface area contributed by atoms with Gasteiger partial charge < -0.3 is 16.0 Å². The number of hydrogen-bond acceptors (Lipinski definition) is 3. The Hall–Kier alpha value is -2.49. The number of hydrogen-bond donors (Lipinski definition) is 2. The van der Waals surface area contributed by atoms with E-state index in [1.807, 2.05) is 18.2 Å². The summed E-state index contributed by atoms with van der Waals surface area (Å²) in [6.07, 6.45) is 0.987. The van der Waals surface area contributed by atoms with Crippen LogP contribution in [-0.2, 0) is 6.42 Å². The van der Waals surface area contributed by atoms with Gasteiger partial charge in [-0.1, -0.05) is 19.1 Å². The molecule has 2 aromatic carbocycles. The third kappa shape index (κ3) is 3.54. The number of nitrogens with one attached hydrogen (secondary N) is 1. The highest BCUT2D eigenvalue weighted by Gasteiger charge is 2.10. The molecule has 0 heterocycles. The maximum atomic E-state index is 11.9. The summed E-state index contributed by atoms with van der Waals surface area (Å²) in [7, 11) is 3.45. The van der Waals surface area contributed by atoms with Crippen molar-refractivity contribution >= 4 is 23.0 Å². The standard InChI is InChI=1S/C17H21N3O/c1-4-12-6-5-7-14(10-12)19-16-9-8-13(11-15(16)18)17(21)20(2)3/h5-11,19H,4,18H2,1-3H3. The third-order valence-electron chi connectivity index (χ3n) is 3.32. The molecule has 0 aliphatic rings. The summed E-state index contributed by atoms with van der Waals surface area (Å²) < 4.78 is 0. The van der Waals surface area contributed by atoms with E-state index in [0.29, 0.717) is 11.3 Å². The van der Waals surface area contributed by atoms with E-state index in [0.717, 1.165) is 17.8 Å². The zero-order chi connectivity index (χ0) is 15.4. The molecule has 0 aliphatic carbocycles. The normalized spacial score (nSPS) is 10.2. The van der Waals surface area contributed by atoms with Crippen molar-refractivity contribution < 1.29 is 4.79 Å². The van der Waals surface area contributed by atoms with Crippen LogP contribution in [-0.4, -0.2) is 24.9 Å². The molecule has 4 nitrogen and oxygen atoms in total. The fourth-order valence-corrected chi connectivity index (χ4v) is 2.09. The van der Waals surface area contributed by atoms with E-state index in [4.69, 9.17) is 5.73 Å². The van der Waals surface area contributed by atoms with Crippen molar-refractivity contribution in [2.45, 2.75) is 13.3 Å². The van der Waals surface area contributed by atoms with E-state index < -0.39 is 0 Å². The first-order chi connectivity index (χ1) is 10.0. The van der Waals surface area contributed by atoms with Crippen molar-refractivity contribution in [3.05, 3.63) is 53.6 Å². The van der Waals surface area contributed by atoms with Crippen molar-refractivity contribution in [3.8, 4) is 0 Å². The molecule has 21 heavy (non-hydrogen) atoms. The van der Waals surface area contributed by atoms with Gasteiger partial charge in [0, 0.05) is 25.3 Å². The third-order valence-corrected chi connectivity index (χ3v) is 3.32. The lowest BCUT2D eigenvalue weighted by atomic mass is 10.1. The number of aryl methyl sites for hydroxylation is 1. The second-order valence-corrected chi connectivity index (χ2v) is 5.18. The topological polar surface area (TPSA) is 58.4 Å². The van der Waals surface area contributed by atoms with E-state index in [9.17, 15) is 4.79 Å². The molecule has 4 heteroatoms. The lowest BCUT2D eigenvalue weighted by molar-refractivity contribution is 0.0827. The summed E-state index contributed by atoms with van der Waals surface area (Å²) in [5, 5.41) is 3.29. The molecule has 0 fully saturated rings. The Bertz CT molecular complexity index is 650. The predicted octanol–water partition coefficient (Wildman–Crippen LogP) is 3.28. The quantitative estimate of drug-likeness (QED) is 0.847. The Balaban J connectivity index is 2.23. The first-order valence-corrected chi connectivity index (χ1v) is 6.98. The van der Waals surface area contributed by atoms with Crippen LogP contribution in [0.3, 0.4) is 0 Å². The van der Waals surface area contributed by atoms with Crippen molar-refractivity contribution in [1.82, 2.24) is 4.90 Å². The summed E-state index contributed by atoms with van der Waals surface area (Å²) in [4.78, 5) is 13.4. The van der Waals surface area contributed by atoms with Gasteiger partial charge in [0.25, 0.3) is 5.91 Å². The zero-order valence-electron chi connectivity index (χ0n) is 12.7. The van der Waals surface area contributed by atoms with Gasteiger partial charge in [0.15, 0.2) is 0 Å². The van der Waals surface area contributed by atoms with Crippen LogP contribution in [0.15, 0.2) is 42.5 Å². The first-order valence-electron chi connectivity index (χ1n) is 6.98. The molecule has 2 rings (SSSR count). The number of nitrogen functional groups attached to an aromatic ring is 1. The van der Waals surface area contributed by atoms with Gasteiger partial charge in [-0.25, -0.2) is 0 Å². The average Bonchev–Trinajstić information content (AvgIpc) is 2.48. The Kier molecular flexibility index (Phi) is 4.48. The number of amides is 1. The van der Waals surface area contributed by atoms with Gasteiger partial charge in [0.2, 0.25) is 0 Å². The molecule has 0 saturated heterocycles. The van der Waals surface area contributed by atoms with Gasteiger partial charge in [0.05, 0.1) is 11.4 Å². The maximum Gasteiger partial charge on any atom is 0.253 e. The summed E-state index contributed by atoms with van der Waals surface area (Å²) in [6.45, 7) is 2.12. The van der Waals surface area contributed by atoms with E-state index in [1.54, 1.807) is 26.2 Å². The van der Waals surface area contributed by atoms with Crippen LogP contribution in [0.2, 0.25) is 0 Å². The van der Waals surface area contributed by atoms with Gasteiger partial charge >= 0.3 is 0 Å². The van der Waals surface area contributed by atoms with Crippen LogP contribution in [0.1, 0.15) is 22.8 Å². The molecule has 0 saturated carbocycles. The number of nitrogens with two attached hydrogens (primary N) is 1. The summed E-state index contributed by atoms with van der Waals surface area (Å²) >= 11 is 0. The Morgan fingerprint density at radius 1 is 1.19 bits per heavy atom. The van der Waals surface area contributed by atoms with Gasteiger partial charge in [-0.05, 0) is 42.3 Å². The number of carbonyl (C=O) groups excluding carboxylic acids is 1.